The van der Waals surface area contributed by atoms with Crippen molar-refractivity contribution in [3.05, 3.63) is 24.5 Å². The average molecular weight is 126 g/mol. The Morgan fingerprint density at radius 1 is 1.44 bits per heavy atom. The van der Waals surface area contributed by atoms with Crippen LogP contribution in [-0.4, -0.2) is 5.26 Å². The van der Waals surface area contributed by atoms with Crippen molar-refractivity contribution in [2.24, 2.45) is 7.05 Å². The summed E-state index contributed by atoms with van der Waals surface area (Å²) in [6, 6.07) is 3.33. The first-order valence-electron chi connectivity index (χ1n) is 2.59. The Labute approximate surface area is 53.1 Å². The lowest BCUT2D eigenvalue weighted by Crippen LogP contribution is -2.25. The summed E-state index contributed by atoms with van der Waals surface area (Å²) >= 11 is 0. The third-order valence-electron chi connectivity index (χ3n) is 1.05. The molecule has 0 spiro atoms. The molecule has 0 atom stereocenters. The summed E-state index contributed by atoms with van der Waals surface area (Å²) in [4.78, 5) is 3.96. The molecule has 1 aromatic rings. The van der Waals surface area contributed by atoms with Gasteiger partial charge in [-0.3, -0.25) is 0 Å². The van der Waals surface area contributed by atoms with E-state index in [0.29, 0.717) is 5.75 Å². The number of rotatable bonds is 1. The van der Waals surface area contributed by atoms with Gasteiger partial charge in [0.1, 0.15) is 7.05 Å². The van der Waals surface area contributed by atoms with Crippen molar-refractivity contribution in [1.82, 2.24) is 0 Å². The number of hydrogen-bond acceptors (Lipinski definition) is 2. The highest BCUT2D eigenvalue weighted by atomic mass is 17.1. The molecule has 3 heteroatoms. The van der Waals surface area contributed by atoms with Crippen molar-refractivity contribution in [3.63, 3.8) is 0 Å². The first-order chi connectivity index (χ1) is 4.33. The maximum atomic E-state index is 8.12. The molecular weight excluding hydrogens is 118 g/mol. The van der Waals surface area contributed by atoms with E-state index in [4.69, 9.17) is 5.26 Å². The highest BCUT2D eigenvalue weighted by Gasteiger charge is 1.92. The van der Waals surface area contributed by atoms with Crippen molar-refractivity contribution in [1.29, 1.82) is 0 Å². The van der Waals surface area contributed by atoms with Crippen LogP contribution in [-0.2, 0) is 7.05 Å². The van der Waals surface area contributed by atoms with Gasteiger partial charge in [0.05, 0.1) is 0 Å². The Kier molecular flexibility index (Phi) is 1.65. The number of aromatic nitrogens is 1. The predicted molar refractivity (Wildman–Crippen MR) is 30.9 cm³/mol. The standard InChI is InChI=1S/C6H7NO2/c1-7-4-2-6(9-8)3-5-7/h2-5H,1H3/p+1. The highest BCUT2D eigenvalue weighted by Crippen LogP contribution is 2.02. The molecule has 0 amide bonds. The lowest BCUT2D eigenvalue weighted by molar-refractivity contribution is -0.671. The molecule has 0 bridgehead atoms. The minimum Gasteiger partial charge on any atom is -0.340 e. The summed E-state index contributed by atoms with van der Waals surface area (Å²) < 4.78 is 1.85. The first kappa shape index (κ1) is 6.04. The van der Waals surface area contributed by atoms with Crippen LogP contribution in [0.2, 0.25) is 0 Å². The second kappa shape index (κ2) is 2.46. The van der Waals surface area contributed by atoms with Crippen LogP contribution in [0.4, 0.5) is 0 Å². The predicted octanol–water partition coefficient (Wildman–Crippen LogP) is 0.363. The van der Waals surface area contributed by atoms with Crippen LogP contribution < -0.4 is 9.45 Å². The van der Waals surface area contributed by atoms with Gasteiger partial charge < -0.3 is 4.89 Å². The molecule has 1 aromatic heterocycles. The minimum atomic E-state index is 0.452. The van der Waals surface area contributed by atoms with E-state index in [0.717, 1.165) is 0 Å². The molecule has 0 aromatic carbocycles. The lowest BCUT2D eigenvalue weighted by Gasteiger charge is -1.90. The zero-order valence-electron chi connectivity index (χ0n) is 5.11. The molecule has 0 aliphatic heterocycles. The number of pyridine rings is 1. The van der Waals surface area contributed by atoms with Crippen LogP contribution in [0.3, 0.4) is 0 Å². The van der Waals surface area contributed by atoms with Crippen molar-refractivity contribution in [2.75, 3.05) is 0 Å². The van der Waals surface area contributed by atoms with Crippen molar-refractivity contribution in [2.45, 2.75) is 0 Å². The average Bonchev–Trinajstić information content (AvgIpc) is 1.90. The summed E-state index contributed by atoms with van der Waals surface area (Å²) in [6.45, 7) is 0. The summed E-state index contributed by atoms with van der Waals surface area (Å²) in [6.07, 6.45) is 3.57. The summed E-state index contributed by atoms with van der Waals surface area (Å²) in [5.74, 6) is 0.452. The van der Waals surface area contributed by atoms with Gasteiger partial charge in [-0.05, 0) is 0 Å². The zero-order chi connectivity index (χ0) is 6.69. The van der Waals surface area contributed by atoms with Gasteiger partial charge in [-0.1, -0.05) is 0 Å². The fourth-order valence-electron chi connectivity index (χ4n) is 0.548. The molecule has 1 rings (SSSR count). The van der Waals surface area contributed by atoms with Crippen molar-refractivity contribution in [3.8, 4) is 5.75 Å². The number of hydrogen-bond donors (Lipinski definition) is 1. The van der Waals surface area contributed by atoms with E-state index >= 15 is 0 Å². The summed E-state index contributed by atoms with van der Waals surface area (Å²) in [7, 11) is 1.89. The van der Waals surface area contributed by atoms with Crippen LogP contribution in [0.5, 0.6) is 5.75 Å². The first-order valence-corrected chi connectivity index (χ1v) is 2.59. The molecular formula is C6H8NO2+. The summed E-state index contributed by atoms with van der Waals surface area (Å²) in [5, 5.41) is 8.12. The van der Waals surface area contributed by atoms with Gasteiger partial charge in [-0.15, -0.1) is 0 Å². The topological polar surface area (TPSA) is 33.3 Å². The number of aryl methyl sites for hydroxylation is 1. The van der Waals surface area contributed by atoms with Gasteiger partial charge >= 0.3 is 0 Å². The summed E-state index contributed by atoms with van der Waals surface area (Å²) in [5.41, 5.74) is 0. The van der Waals surface area contributed by atoms with Gasteiger partial charge in [0, 0.05) is 12.1 Å². The third-order valence-corrected chi connectivity index (χ3v) is 1.05. The van der Waals surface area contributed by atoms with E-state index in [1.54, 1.807) is 24.5 Å². The normalized spacial score (nSPS) is 9.11. The maximum absolute atomic E-state index is 8.12. The van der Waals surface area contributed by atoms with Crippen LogP contribution in [0, 0.1) is 0 Å². The van der Waals surface area contributed by atoms with Crippen molar-refractivity contribution < 1.29 is 14.7 Å². The molecule has 1 heterocycles. The Morgan fingerprint density at radius 2 is 2.00 bits per heavy atom. The highest BCUT2D eigenvalue weighted by molar-refractivity contribution is 5.13. The maximum Gasteiger partial charge on any atom is 0.176 e. The molecule has 1 N–H and O–H groups in total. The third kappa shape index (κ3) is 1.40. The molecule has 0 unspecified atom stereocenters. The minimum absolute atomic E-state index is 0.452. The van der Waals surface area contributed by atoms with E-state index < -0.39 is 0 Å². The van der Waals surface area contributed by atoms with Crippen LogP contribution >= 0.6 is 0 Å². The zero-order valence-corrected chi connectivity index (χ0v) is 5.11. The SMILES string of the molecule is C[n+]1ccc(OO)cc1. The molecule has 9 heavy (non-hydrogen) atoms. The van der Waals surface area contributed by atoms with E-state index in [1.165, 1.54) is 0 Å². The second-order valence-corrected chi connectivity index (χ2v) is 1.79. The molecule has 0 saturated heterocycles. The van der Waals surface area contributed by atoms with E-state index in [2.05, 4.69) is 4.89 Å². The molecule has 0 radical (unpaired) electrons. The second-order valence-electron chi connectivity index (χ2n) is 1.79. The smallest absolute Gasteiger partial charge is 0.176 e. The van der Waals surface area contributed by atoms with Gasteiger partial charge in [-0.25, -0.2) is 9.82 Å². The van der Waals surface area contributed by atoms with Gasteiger partial charge in [0.15, 0.2) is 18.1 Å². The fourth-order valence-corrected chi connectivity index (χ4v) is 0.548. The van der Waals surface area contributed by atoms with Crippen LogP contribution in [0.1, 0.15) is 0 Å². The van der Waals surface area contributed by atoms with Crippen molar-refractivity contribution >= 4 is 0 Å². The largest absolute Gasteiger partial charge is 0.340 e. The Morgan fingerprint density at radius 3 is 2.44 bits per heavy atom. The fraction of sp³-hybridized carbons (Fsp3) is 0.167. The molecule has 0 aliphatic carbocycles. The van der Waals surface area contributed by atoms with Gasteiger partial charge in [0.2, 0.25) is 0 Å². The van der Waals surface area contributed by atoms with Crippen LogP contribution in [0.15, 0.2) is 24.5 Å². The molecule has 0 saturated carbocycles. The Bertz CT molecular complexity index is 183. The van der Waals surface area contributed by atoms with Gasteiger partial charge in [-0.2, -0.15) is 0 Å². The molecule has 0 aliphatic rings. The van der Waals surface area contributed by atoms with E-state index in [-0.39, 0.29) is 0 Å². The van der Waals surface area contributed by atoms with E-state index in [1.807, 2.05) is 11.6 Å². The van der Waals surface area contributed by atoms with Gasteiger partial charge in [0.25, 0.3) is 0 Å². The Hall–Kier alpha value is -1.09. The Balaban J connectivity index is 2.88. The van der Waals surface area contributed by atoms with Crippen LogP contribution in [0.25, 0.3) is 0 Å². The molecule has 0 fully saturated rings. The lowest BCUT2D eigenvalue weighted by atomic mass is 10.4. The molecule has 48 valence electrons. The monoisotopic (exact) mass is 126 g/mol. The van der Waals surface area contributed by atoms with E-state index in [9.17, 15) is 0 Å². The number of nitrogens with zero attached hydrogens (tertiary/aromatic N) is 1. The molecule has 3 nitrogen and oxygen atoms in total. The quantitative estimate of drug-likeness (QED) is 0.335.